The van der Waals surface area contributed by atoms with Crippen molar-refractivity contribution in [3.63, 3.8) is 0 Å². The fraction of sp³-hybridized carbons (Fsp3) is 0.458. The Kier molecular flexibility index (Phi) is 4.84. The highest BCUT2D eigenvalue weighted by atomic mass is 16.5. The fourth-order valence-corrected chi connectivity index (χ4v) is 5.66. The summed E-state index contributed by atoms with van der Waals surface area (Å²) in [6.07, 6.45) is 1.23. The molecule has 1 aromatic heterocycles. The van der Waals surface area contributed by atoms with Gasteiger partial charge in [-0.3, -0.25) is 14.4 Å². The summed E-state index contributed by atoms with van der Waals surface area (Å²) >= 11 is 0. The lowest BCUT2D eigenvalue weighted by Crippen LogP contribution is -2.51. The number of fused-ring (bicyclic) bond motifs is 4. The van der Waals surface area contributed by atoms with E-state index in [-0.39, 0.29) is 41.7 Å². The third kappa shape index (κ3) is 3.32. The van der Waals surface area contributed by atoms with Gasteiger partial charge in [0.05, 0.1) is 19.1 Å². The standard InChI is InChI=1S/C24H27N3O4/c1-25-22(29)11-19(23(25)16-6-8-18(31-2)9-7-16)24(30)26-12-15-10-17(14-26)20-4-3-5-21(28)27(20)13-15/h3-9,15,17,19,23H,10-14H2,1-2H3/t15-,17+,19-,23-/m1/s1. The van der Waals surface area contributed by atoms with E-state index < -0.39 is 5.92 Å². The molecule has 3 aliphatic rings. The summed E-state index contributed by atoms with van der Waals surface area (Å²) in [7, 11) is 3.39. The largest absolute Gasteiger partial charge is 0.497 e. The van der Waals surface area contributed by atoms with Gasteiger partial charge in [0.1, 0.15) is 5.75 Å². The van der Waals surface area contributed by atoms with E-state index in [2.05, 4.69) is 0 Å². The predicted octanol–water partition coefficient (Wildman–Crippen LogP) is 2.02. The lowest BCUT2D eigenvalue weighted by atomic mass is 9.82. The van der Waals surface area contributed by atoms with Crippen LogP contribution >= 0.6 is 0 Å². The molecule has 0 spiro atoms. The normalized spacial score (nSPS) is 27.2. The van der Waals surface area contributed by atoms with Gasteiger partial charge in [0.15, 0.2) is 0 Å². The van der Waals surface area contributed by atoms with Gasteiger partial charge < -0.3 is 19.1 Å². The first-order valence-corrected chi connectivity index (χ1v) is 10.8. The van der Waals surface area contributed by atoms with E-state index in [1.165, 1.54) is 0 Å². The van der Waals surface area contributed by atoms with Gasteiger partial charge in [0.25, 0.3) is 5.56 Å². The number of amides is 2. The summed E-state index contributed by atoms with van der Waals surface area (Å²) in [6.45, 7) is 1.89. The summed E-state index contributed by atoms with van der Waals surface area (Å²) in [6, 6.07) is 12.7. The molecular formula is C24H27N3O4. The van der Waals surface area contributed by atoms with Crippen molar-refractivity contribution in [2.45, 2.75) is 31.3 Å². The Morgan fingerprint density at radius 3 is 2.55 bits per heavy atom. The molecule has 2 fully saturated rings. The van der Waals surface area contributed by atoms with Crippen LogP contribution in [0.2, 0.25) is 0 Å². The number of pyridine rings is 1. The van der Waals surface area contributed by atoms with Gasteiger partial charge in [-0.15, -0.1) is 0 Å². The van der Waals surface area contributed by atoms with Crippen LogP contribution in [0, 0.1) is 11.8 Å². The van der Waals surface area contributed by atoms with Crippen LogP contribution in [0.4, 0.5) is 0 Å². The van der Waals surface area contributed by atoms with Crippen LogP contribution in [0.1, 0.15) is 36.1 Å². The van der Waals surface area contributed by atoms with Crippen LogP contribution in [0.25, 0.3) is 0 Å². The van der Waals surface area contributed by atoms with Crippen molar-refractivity contribution in [2.75, 3.05) is 27.2 Å². The molecule has 0 N–H and O–H groups in total. The smallest absolute Gasteiger partial charge is 0.250 e. The zero-order valence-electron chi connectivity index (χ0n) is 17.9. The van der Waals surface area contributed by atoms with Gasteiger partial charge in [-0.25, -0.2) is 0 Å². The second-order valence-corrected chi connectivity index (χ2v) is 8.97. The van der Waals surface area contributed by atoms with Crippen molar-refractivity contribution >= 4 is 11.8 Å². The number of ether oxygens (including phenoxy) is 1. The Morgan fingerprint density at radius 1 is 1.03 bits per heavy atom. The highest BCUT2D eigenvalue weighted by Crippen LogP contribution is 2.41. The zero-order valence-corrected chi connectivity index (χ0v) is 17.9. The molecule has 7 nitrogen and oxygen atoms in total. The molecule has 4 atom stereocenters. The molecule has 0 aliphatic carbocycles. The van der Waals surface area contributed by atoms with Gasteiger partial charge in [0, 0.05) is 50.8 Å². The van der Waals surface area contributed by atoms with E-state index >= 15 is 0 Å². The number of hydrogen-bond donors (Lipinski definition) is 0. The van der Waals surface area contributed by atoms with Crippen LogP contribution in [0.15, 0.2) is 47.3 Å². The van der Waals surface area contributed by atoms with Crippen LogP contribution < -0.4 is 10.3 Å². The van der Waals surface area contributed by atoms with E-state index in [0.717, 1.165) is 23.4 Å². The predicted molar refractivity (Wildman–Crippen MR) is 115 cm³/mol. The van der Waals surface area contributed by atoms with Gasteiger partial charge in [0.2, 0.25) is 11.8 Å². The maximum absolute atomic E-state index is 13.7. The number of nitrogens with zero attached hydrogens (tertiary/aromatic N) is 3. The molecule has 5 rings (SSSR count). The second-order valence-electron chi connectivity index (χ2n) is 8.97. The zero-order chi connectivity index (χ0) is 21.7. The van der Waals surface area contributed by atoms with Crippen molar-refractivity contribution in [3.8, 4) is 5.75 Å². The number of methoxy groups -OCH3 is 1. The van der Waals surface area contributed by atoms with E-state index in [4.69, 9.17) is 4.74 Å². The SMILES string of the molecule is COc1ccc([C@@H]2[C@H](C(=O)N3C[C@H]4C[C@@H](C3)c3cccc(=O)n3C4)CC(=O)N2C)cc1. The minimum absolute atomic E-state index is 0.00623. The number of carbonyl (C=O) groups is 2. The third-order valence-corrected chi connectivity index (χ3v) is 7.15. The van der Waals surface area contributed by atoms with Gasteiger partial charge in [-0.1, -0.05) is 18.2 Å². The maximum atomic E-state index is 13.7. The van der Waals surface area contributed by atoms with Crippen LogP contribution in [-0.4, -0.2) is 53.4 Å². The second kappa shape index (κ2) is 7.55. The molecule has 2 bridgehead atoms. The van der Waals surface area contributed by atoms with Gasteiger partial charge in [-0.05, 0) is 36.1 Å². The van der Waals surface area contributed by atoms with Crippen molar-refractivity contribution in [1.29, 1.82) is 0 Å². The number of rotatable bonds is 3. The number of aromatic nitrogens is 1. The van der Waals surface area contributed by atoms with Crippen LogP contribution in [-0.2, 0) is 16.1 Å². The minimum Gasteiger partial charge on any atom is -0.497 e. The fourth-order valence-electron chi connectivity index (χ4n) is 5.66. The Balaban J connectivity index is 1.41. The van der Waals surface area contributed by atoms with Crippen LogP contribution in [0.5, 0.6) is 5.75 Å². The molecule has 7 heteroatoms. The molecule has 1 aromatic carbocycles. The molecule has 2 aromatic rings. The van der Waals surface area contributed by atoms with E-state index in [1.54, 1.807) is 31.2 Å². The Morgan fingerprint density at radius 2 is 1.81 bits per heavy atom. The van der Waals surface area contributed by atoms with Gasteiger partial charge in [-0.2, -0.15) is 0 Å². The topological polar surface area (TPSA) is 71.8 Å². The number of piperidine rings is 1. The molecule has 0 saturated carbocycles. The molecule has 0 unspecified atom stereocenters. The van der Waals surface area contributed by atoms with E-state index in [9.17, 15) is 14.4 Å². The molecule has 3 aliphatic heterocycles. The lowest BCUT2D eigenvalue weighted by molar-refractivity contribution is -0.139. The van der Waals surface area contributed by atoms with E-state index in [1.807, 2.05) is 39.8 Å². The number of hydrogen-bond acceptors (Lipinski definition) is 4. The molecule has 31 heavy (non-hydrogen) atoms. The maximum Gasteiger partial charge on any atom is 0.250 e. The number of benzene rings is 1. The molecule has 2 saturated heterocycles. The summed E-state index contributed by atoms with van der Waals surface area (Å²) in [5.41, 5.74) is 2.00. The first-order chi connectivity index (χ1) is 15.0. The van der Waals surface area contributed by atoms with Crippen molar-refractivity contribution in [2.24, 2.45) is 11.8 Å². The van der Waals surface area contributed by atoms with Gasteiger partial charge >= 0.3 is 0 Å². The third-order valence-electron chi connectivity index (χ3n) is 7.15. The first kappa shape index (κ1) is 19.8. The number of likely N-dealkylation sites (tertiary alicyclic amines) is 2. The summed E-state index contributed by atoms with van der Waals surface area (Å²) in [5, 5.41) is 0. The average molecular weight is 421 g/mol. The Hall–Kier alpha value is -3.09. The van der Waals surface area contributed by atoms with Crippen LogP contribution in [0.3, 0.4) is 0 Å². The summed E-state index contributed by atoms with van der Waals surface area (Å²) in [4.78, 5) is 42.1. The first-order valence-electron chi connectivity index (χ1n) is 10.8. The summed E-state index contributed by atoms with van der Waals surface area (Å²) < 4.78 is 7.12. The molecule has 2 amide bonds. The highest BCUT2D eigenvalue weighted by molar-refractivity contribution is 5.90. The number of carbonyl (C=O) groups excluding carboxylic acids is 2. The summed E-state index contributed by atoms with van der Waals surface area (Å²) in [5.74, 6) is 0.816. The Labute approximate surface area is 181 Å². The highest BCUT2D eigenvalue weighted by Gasteiger charge is 2.46. The monoisotopic (exact) mass is 421 g/mol. The molecule has 4 heterocycles. The van der Waals surface area contributed by atoms with E-state index in [0.29, 0.717) is 19.6 Å². The van der Waals surface area contributed by atoms with Crippen molar-refractivity contribution in [3.05, 3.63) is 64.1 Å². The molecule has 162 valence electrons. The molecular weight excluding hydrogens is 394 g/mol. The molecule has 0 radical (unpaired) electrons. The quantitative estimate of drug-likeness (QED) is 0.760. The van der Waals surface area contributed by atoms with Crippen molar-refractivity contribution < 1.29 is 14.3 Å². The lowest BCUT2D eigenvalue weighted by Gasteiger charge is -2.43. The Bertz CT molecular complexity index is 1080. The average Bonchev–Trinajstić information content (AvgIpc) is 3.08. The minimum atomic E-state index is -0.400. The van der Waals surface area contributed by atoms with Crippen molar-refractivity contribution in [1.82, 2.24) is 14.4 Å².